The zero-order valence-corrected chi connectivity index (χ0v) is 8.88. The number of hydrogen-bond acceptors (Lipinski definition) is 3. The van der Waals surface area contributed by atoms with Gasteiger partial charge in [-0.3, -0.25) is 10.00 Å². The van der Waals surface area contributed by atoms with E-state index < -0.39 is 0 Å². The second kappa shape index (κ2) is 4.11. The molecule has 1 aliphatic heterocycles. The lowest BCUT2D eigenvalue weighted by molar-refractivity contribution is 0.182. The van der Waals surface area contributed by atoms with E-state index in [4.69, 9.17) is 0 Å². The predicted molar refractivity (Wildman–Crippen MR) is 56.2 cm³/mol. The summed E-state index contributed by atoms with van der Waals surface area (Å²) in [5.74, 6) is 0. The zero-order chi connectivity index (χ0) is 9.97. The van der Waals surface area contributed by atoms with E-state index >= 15 is 0 Å². The Kier molecular flexibility index (Phi) is 2.84. The van der Waals surface area contributed by atoms with E-state index in [0.29, 0.717) is 6.04 Å². The molecule has 0 amide bonds. The van der Waals surface area contributed by atoms with Gasteiger partial charge in [0.25, 0.3) is 0 Å². The monoisotopic (exact) mass is 194 g/mol. The van der Waals surface area contributed by atoms with Gasteiger partial charge in [0.05, 0.1) is 11.7 Å². The van der Waals surface area contributed by atoms with Crippen LogP contribution in [0.2, 0.25) is 0 Å². The van der Waals surface area contributed by atoms with Crippen molar-refractivity contribution in [3.8, 4) is 0 Å². The molecule has 0 saturated carbocycles. The van der Waals surface area contributed by atoms with Gasteiger partial charge in [0.2, 0.25) is 0 Å². The summed E-state index contributed by atoms with van der Waals surface area (Å²) in [5, 5.41) is 10.7. The molecule has 14 heavy (non-hydrogen) atoms. The molecule has 0 bridgehead atoms. The van der Waals surface area contributed by atoms with Crippen LogP contribution < -0.4 is 5.32 Å². The van der Waals surface area contributed by atoms with Crippen molar-refractivity contribution >= 4 is 0 Å². The van der Waals surface area contributed by atoms with Gasteiger partial charge in [0, 0.05) is 31.9 Å². The maximum absolute atomic E-state index is 4.30. The molecule has 1 saturated heterocycles. The van der Waals surface area contributed by atoms with E-state index in [0.717, 1.165) is 37.6 Å². The van der Waals surface area contributed by atoms with Crippen molar-refractivity contribution in [3.05, 3.63) is 17.5 Å². The van der Waals surface area contributed by atoms with Crippen LogP contribution in [0.4, 0.5) is 0 Å². The van der Waals surface area contributed by atoms with Crippen LogP contribution in [0.5, 0.6) is 0 Å². The number of nitrogens with zero attached hydrogens (tertiary/aromatic N) is 2. The molecule has 1 aromatic heterocycles. The molecule has 78 valence electrons. The van der Waals surface area contributed by atoms with E-state index in [1.165, 1.54) is 0 Å². The van der Waals surface area contributed by atoms with Crippen molar-refractivity contribution < 1.29 is 0 Å². The van der Waals surface area contributed by atoms with Crippen LogP contribution in [0.3, 0.4) is 0 Å². The molecule has 1 atom stereocenters. The van der Waals surface area contributed by atoms with Crippen LogP contribution >= 0.6 is 0 Å². The SMILES string of the molecule is Cc1cc(C(C)N2CCNCC2)n[nH]1. The Morgan fingerprint density at radius 2 is 2.14 bits per heavy atom. The van der Waals surface area contributed by atoms with E-state index in [-0.39, 0.29) is 0 Å². The standard InChI is InChI=1S/C10H18N4/c1-8-7-10(13-12-8)9(2)14-5-3-11-4-6-14/h7,9,11H,3-6H2,1-2H3,(H,12,13). The number of nitrogens with one attached hydrogen (secondary N) is 2. The minimum absolute atomic E-state index is 0.432. The van der Waals surface area contributed by atoms with Crippen LogP contribution in [0, 0.1) is 6.92 Å². The Morgan fingerprint density at radius 1 is 1.43 bits per heavy atom. The molecule has 4 nitrogen and oxygen atoms in total. The largest absolute Gasteiger partial charge is 0.314 e. The topological polar surface area (TPSA) is 44.0 Å². The third-order valence-corrected chi connectivity index (χ3v) is 2.85. The van der Waals surface area contributed by atoms with Crippen molar-refractivity contribution in [3.63, 3.8) is 0 Å². The summed E-state index contributed by atoms with van der Waals surface area (Å²) < 4.78 is 0. The Balaban J connectivity index is 2.03. The summed E-state index contributed by atoms with van der Waals surface area (Å²) in [6.07, 6.45) is 0. The van der Waals surface area contributed by atoms with Crippen LogP contribution in [-0.4, -0.2) is 41.3 Å². The molecule has 0 radical (unpaired) electrons. The lowest BCUT2D eigenvalue weighted by Gasteiger charge is -2.31. The molecule has 0 aliphatic carbocycles. The Hall–Kier alpha value is -0.870. The van der Waals surface area contributed by atoms with Crippen LogP contribution in [0.1, 0.15) is 24.4 Å². The fourth-order valence-corrected chi connectivity index (χ4v) is 1.91. The van der Waals surface area contributed by atoms with Gasteiger partial charge >= 0.3 is 0 Å². The molecule has 4 heteroatoms. The fraction of sp³-hybridized carbons (Fsp3) is 0.700. The molecule has 1 fully saturated rings. The lowest BCUT2D eigenvalue weighted by atomic mass is 10.2. The van der Waals surface area contributed by atoms with Gasteiger partial charge in [-0.2, -0.15) is 5.10 Å². The van der Waals surface area contributed by atoms with E-state index in [1.54, 1.807) is 0 Å². The highest BCUT2D eigenvalue weighted by molar-refractivity contribution is 5.10. The molecule has 0 aromatic carbocycles. The second-order valence-corrected chi connectivity index (χ2v) is 3.94. The highest BCUT2D eigenvalue weighted by Gasteiger charge is 2.19. The summed E-state index contributed by atoms with van der Waals surface area (Å²) in [7, 11) is 0. The van der Waals surface area contributed by atoms with Crippen LogP contribution in [0.15, 0.2) is 6.07 Å². The molecule has 2 rings (SSSR count). The number of aryl methyl sites for hydroxylation is 1. The van der Waals surface area contributed by atoms with E-state index in [2.05, 4.69) is 33.4 Å². The van der Waals surface area contributed by atoms with Gasteiger partial charge in [-0.25, -0.2) is 0 Å². The summed E-state index contributed by atoms with van der Waals surface area (Å²) >= 11 is 0. The van der Waals surface area contributed by atoms with Crippen molar-refractivity contribution in [1.82, 2.24) is 20.4 Å². The van der Waals surface area contributed by atoms with Gasteiger partial charge in [0.1, 0.15) is 0 Å². The highest BCUT2D eigenvalue weighted by Crippen LogP contribution is 2.18. The average molecular weight is 194 g/mol. The van der Waals surface area contributed by atoms with Crippen LogP contribution in [0.25, 0.3) is 0 Å². The van der Waals surface area contributed by atoms with E-state index in [1.807, 2.05) is 6.92 Å². The van der Waals surface area contributed by atoms with Gasteiger partial charge in [-0.05, 0) is 19.9 Å². The first-order valence-corrected chi connectivity index (χ1v) is 5.24. The van der Waals surface area contributed by atoms with Crippen molar-refractivity contribution in [2.75, 3.05) is 26.2 Å². The van der Waals surface area contributed by atoms with Crippen molar-refractivity contribution in [1.29, 1.82) is 0 Å². The number of aromatic nitrogens is 2. The Labute approximate surface area is 84.7 Å². The lowest BCUT2D eigenvalue weighted by Crippen LogP contribution is -2.44. The highest BCUT2D eigenvalue weighted by atomic mass is 15.2. The first kappa shape index (κ1) is 9.68. The zero-order valence-electron chi connectivity index (χ0n) is 8.88. The van der Waals surface area contributed by atoms with Gasteiger partial charge in [0.15, 0.2) is 0 Å². The van der Waals surface area contributed by atoms with Crippen molar-refractivity contribution in [2.45, 2.75) is 19.9 Å². The van der Waals surface area contributed by atoms with Crippen LogP contribution in [-0.2, 0) is 0 Å². The number of piperazine rings is 1. The summed E-state index contributed by atoms with van der Waals surface area (Å²) in [6, 6.07) is 2.56. The van der Waals surface area contributed by atoms with Crippen molar-refractivity contribution in [2.24, 2.45) is 0 Å². The molecule has 1 aliphatic rings. The smallest absolute Gasteiger partial charge is 0.0793 e. The number of rotatable bonds is 2. The normalized spacial score (nSPS) is 21.0. The summed E-state index contributed by atoms with van der Waals surface area (Å²) in [4.78, 5) is 2.46. The average Bonchev–Trinajstić information content (AvgIpc) is 2.65. The van der Waals surface area contributed by atoms with Gasteiger partial charge < -0.3 is 5.32 Å². The number of aromatic amines is 1. The molecule has 1 aromatic rings. The fourth-order valence-electron chi connectivity index (χ4n) is 1.91. The maximum atomic E-state index is 4.30. The second-order valence-electron chi connectivity index (χ2n) is 3.94. The first-order chi connectivity index (χ1) is 6.77. The third kappa shape index (κ3) is 1.96. The Morgan fingerprint density at radius 3 is 2.71 bits per heavy atom. The number of H-pyrrole nitrogens is 1. The van der Waals surface area contributed by atoms with Gasteiger partial charge in [-0.15, -0.1) is 0 Å². The first-order valence-electron chi connectivity index (χ1n) is 5.24. The molecular formula is C10H18N4. The molecule has 1 unspecified atom stereocenters. The van der Waals surface area contributed by atoms with Gasteiger partial charge in [-0.1, -0.05) is 0 Å². The molecule has 2 N–H and O–H groups in total. The predicted octanol–water partition coefficient (Wildman–Crippen LogP) is 0.684. The third-order valence-electron chi connectivity index (χ3n) is 2.85. The van der Waals surface area contributed by atoms with E-state index in [9.17, 15) is 0 Å². The molecule has 2 heterocycles. The maximum Gasteiger partial charge on any atom is 0.0793 e. The summed E-state index contributed by atoms with van der Waals surface area (Å²) in [5.41, 5.74) is 2.30. The summed E-state index contributed by atoms with van der Waals surface area (Å²) in [6.45, 7) is 8.68. The molecule has 0 spiro atoms. The molecular weight excluding hydrogens is 176 g/mol. The minimum atomic E-state index is 0.432. The number of hydrogen-bond donors (Lipinski definition) is 2. The quantitative estimate of drug-likeness (QED) is 0.728. The minimum Gasteiger partial charge on any atom is -0.314 e. The Bertz CT molecular complexity index is 288.